The number of halogens is 1. The molecule has 0 radical (unpaired) electrons. The van der Waals surface area contributed by atoms with Gasteiger partial charge in [-0.15, -0.1) is 0 Å². The molecule has 0 spiro atoms. The standard InChI is InChI=1S/C26H28FN9/c1-18(19-3-5-23(27)6-4-19)21-12-28-26(29-13-21)35-9-7-34(8-10-35)25-24-11-20(16-36(24)32-17-30-25)22-14-31-33(2)15-22/h3-6,11-13,15-18,31H,7-10,14H2,1-2H3. The molecular formula is C26H28FN9. The van der Waals surface area contributed by atoms with Crippen molar-refractivity contribution in [3.05, 3.63) is 84.0 Å². The van der Waals surface area contributed by atoms with E-state index in [4.69, 9.17) is 0 Å². The number of rotatable bonds is 5. The van der Waals surface area contributed by atoms with Crippen LogP contribution in [0.15, 0.2) is 61.4 Å². The zero-order chi connectivity index (χ0) is 24.6. The van der Waals surface area contributed by atoms with E-state index in [1.165, 1.54) is 17.7 Å². The second-order valence-electron chi connectivity index (χ2n) is 9.31. The number of nitrogens with zero attached hydrogens (tertiary/aromatic N) is 8. The van der Waals surface area contributed by atoms with Gasteiger partial charge in [-0.3, -0.25) is 0 Å². The maximum absolute atomic E-state index is 13.3. The van der Waals surface area contributed by atoms with Gasteiger partial charge >= 0.3 is 0 Å². The van der Waals surface area contributed by atoms with Crippen molar-refractivity contribution in [2.24, 2.45) is 0 Å². The monoisotopic (exact) mass is 485 g/mol. The molecule has 10 heteroatoms. The predicted molar refractivity (Wildman–Crippen MR) is 137 cm³/mol. The summed E-state index contributed by atoms with van der Waals surface area (Å²) >= 11 is 0. The van der Waals surface area contributed by atoms with Gasteiger partial charge in [-0.25, -0.2) is 29.3 Å². The minimum absolute atomic E-state index is 0.0970. The first-order valence-corrected chi connectivity index (χ1v) is 12.1. The quantitative estimate of drug-likeness (QED) is 0.463. The number of hydrogen-bond acceptors (Lipinski definition) is 8. The molecule has 1 atom stereocenters. The highest BCUT2D eigenvalue weighted by molar-refractivity contribution is 5.78. The van der Waals surface area contributed by atoms with E-state index in [1.54, 1.807) is 6.33 Å². The van der Waals surface area contributed by atoms with E-state index < -0.39 is 0 Å². The molecule has 1 saturated heterocycles. The molecule has 1 aromatic carbocycles. The molecule has 5 heterocycles. The van der Waals surface area contributed by atoms with Gasteiger partial charge in [-0.05, 0) is 34.9 Å². The summed E-state index contributed by atoms with van der Waals surface area (Å²) in [5.41, 5.74) is 8.72. The third-order valence-electron chi connectivity index (χ3n) is 7.01. The maximum Gasteiger partial charge on any atom is 0.225 e. The van der Waals surface area contributed by atoms with Crippen LogP contribution in [0.3, 0.4) is 0 Å². The molecule has 0 amide bonds. The van der Waals surface area contributed by atoms with Gasteiger partial charge in [0.05, 0.1) is 0 Å². The van der Waals surface area contributed by atoms with Gasteiger partial charge in [0.15, 0.2) is 5.82 Å². The first kappa shape index (κ1) is 22.4. The van der Waals surface area contributed by atoms with E-state index in [1.807, 2.05) is 41.1 Å². The van der Waals surface area contributed by atoms with Crippen molar-refractivity contribution in [3.8, 4) is 0 Å². The van der Waals surface area contributed by atoms with Crippen LogP contribution in [-0.4, -0.2) is 69.3 Å². The van der Waals surface area contributed by atoms with Crippen LogP contribution in [0.4, 0.5) is 16.2 Å². The number of nitrogens with one attached hydrogen (secondary N) is 1. The Kier molecular flexibility index (Phi) is 5.73. The lowest BCUT2D eigenvalue weighted by Crippen LogP contribution is -2.47. The average molecular weight is 486 g/mol. The predicted octanol–water partition coefficient (Wildman–Crippen LogP) is 2.93. The second-order valence-corrected chi connectivity index (χ2v) is 9.31. The number of anilines is 2. The van der Waals surface area contributed by atoms with E-state index in [-0.39, 0.29) is 11.7 Å². The Balaban J connectivity index is 1.14. The lowest BCUT2D eigenvalue weighted by Gasteiger charge is -2.35. The van der Waals surface area contributed by atoms with Gasteiger partial charge in [0.2, 0.25) is 5.95 Å². The Labute approximate surface area is 208 Å². The maximum atomic E-state index is 13.3. The van der Waals surface area contributed by atoms with Crippen LogP contribution in [0.2, 0.25) is 0 Å². The molecule has 2 aliphatic heterocycles. The summed E-state index contributed by atoms with van der Waals surface area (Å²) in [6, 6.07) is 8.76. The number of fused-ring (bicyclic) bond motifs is 1. The zero-order valence-corrected chi connectivity index (χ0v) is 20.3. The molecule has 4 aromatic rings. The Morgan fingerprint density at radius 1 is 0.944 bits per heavy atom. The van der Waals surface area contributed by atoms with E-state index in [0.29, 0.717) is 0 Å². The third kappa shape index (κ3) is 4.24. The van der Waals surface area contributed by atoms with E-state index in [9.17, 15) is 4.39 Å². The van der Waals surface area contributed by atoms with Crippen molar-refractivity contribution < 1.29 is 4.39 Å². The van der Waals surface area contributed by atoms with Crippen molar-refractivity contribution in [2.45, 2.75) is 12.8 Å². The van der Waals surface area contributed by atoms with Crippen molar-refractivity contribution in [1.82, 2.24) is 35.0 Å². The van der Waals surface area contributed by atoms with Gasteiger partial charge < -0.3 is 14.8 Å². The smallest absolute Gasteiger partial charge is 0.225 e. The van der Waals surface area contributed by atoms with Crippen LogP contribution in [0.5, 0.6) is 0 Å². The first-order chi connectivity index (χ1) is 17.5. The summed E-state index contributed by atoms with van der Waals surface area (Å²) in [5.74, 6) is 1.54. The number of benzene rings is 1. The minimum Gasteiger partial charge on any atom is -0.351 e. The van der Waals surface area contributed by atoms with Crippen molar-refractivity contribution in [2.75, 3.05) is 49.6 Å². The highest BCUT2D eigenvalue weighted by atomic mass is 19.1. The molecular weight excluding hydrogens is 457 g/mol. The molecule has 184 valence electrons. The fraction of sp³-hybridized carbons (Fsp3) is 0.308. The molecule has 0 saturated carbocycles. The molecule has 1 N–H and O–H groups in total. The molecule has 2 aliphatic rings. The van der Waals surface area contributed by atoms with Gasteiger partial charge in [0.25, 0.3) is 0 Å². The fourth-order valence-corrected chi connectivity index (χ4v) is 4.83. The van der Waals surface area contributed by atoms with Crippen LogP contribution in [0, 0.1) is 5.82 Å². The minimum atomic E-state index is -0.229. The molecule has 36 heavy (non-hydrogen) atoms. The molecule has 0 aliphatic carbocycles. The first-order valence-electron chi connectivity index (χ1n) is 12.1. The van der Waals surface area contributed by atoms with Gasteiger partial charge in [-0.2, -0.15) is 5.10 Å². The summed E-state index contributed by atoms with van der Waals surface area (Å²) in [6.07, 6.45) is 9.54. The lowest BCUT2D eigenvalue weighted by atomic mass is 9.95. The van der Waals surface area contributed by atoms with Crippen LogP contribution in [0.25, 0.3) is 11.1 Å². The second kappa shape index (κ2) is 9.19. The molecule has 6 rings (SSSR count). The van der Waals surface area contributed by atoms with Crippen LogP contribution in [-0.2, 0) is 0 Å². The Morgan fingerprint density at radius 2 is 1.67 bits per heavy atom. The summed E-state index contributed by atoms with van der Waals surface area (Å²) in [7, 11) is 2.00. The highest BCUT2D eigenvalue weighted by Crippen LogP contribution is 2.27. The average Bonchev–Trinajstić information content (AvgIpc) is 3.55. The number of hydrogen-bond donors (Lipinski definition) is 1. The largest absolute Gasteiger partial charge is 0.351 e. The molecule has 1 unspecified atom stereocenters. The molecule has 0 bridgehead atoms. The summed E-state index contributed by atoms with van der Waals surface area (Å²) in [5, 5.41) is 6.40. The SMILES string of the molecule is CC(c1ccc(F)cc1)c1cnc(N2CCN(c3ncnn4cc(C5=CN(C)NC5)cc34)CC2)nc1. The molecule has 3 aromatic heterocycles. The van der Waals surface area contributed by atoms with Gasteiger partial charge in [0, 0.05) is 76.0 Å². The number of aromatic nitrogens is 5. The van der Waals surface area contributed by atoms with Gasteiger partial charge in [-0.1, -0.05) is 19.1 Å². The van der Waals surface area contributed by atoms with E-state index >= 15 is 0 Å². The number of piperazine rings is 1. The number of hydrazine groups is 1. The summed E-state index contributed by atoms with van der Waals surface area (Å²) < 4.78 is 15.2. The lowest BCUT2D eigenvalue weighted by molar-refractivity contribution is 0.374. The van der Waals surface area contributed by atoms with Crippen LogP contribution >= 0.6 is 0 Å². The molecule has 9 nitrogen and oxygen atoms in total. The topological polar surface area (TPSA) is 77.7 Å². The summed E-state index contributed by atoms with van der Waals surface area (Å²) in [6.45, 7) is 6.12. The molecule has 1 fully saturated rings. The zero-order valence-electron chi connectivity index (χ0n) is 20.3. The summed E-state index contributed by atoms with van der Waals surface area (Å²) in [4.78, 5) is 18.4. The fourth-order valence-electron chi connectivity index (χ4n) is 4.83. The van der Waals surface area contributed by atoms with Crippen molar-refractivity contribution >= 4 is 22.9 Å². The Morgan fingerprint density at radius 3 is 2.36 bits per heavy atom. The Hall–Kier alpha value is -4.05. The Bertz CT molecular complexity index is 1390. The highest BCUT2D eigenvalue weighted by Gasteiger charge is 2.23. The van der Waals surface area contributed by atoms with Gasteiger partial charge in [0.1, 0.15) is 17.7 Å². The van der Waals surface area contributed by atoms with E-state index in [2.05, 4.69) is 60.7 Å². The van der Waals surface area contributed by atoms with E-state index in [0.717, 1.165) is 66.7 Å². The normalized spacial score (nSPS) is 17.1. The van der Waals surface area contributed by atoms with Crippen molar-refractivity contribution in [1.29, 1.82) is 0 Å². The van der Waals surface area contributed by atoms with Crippen molar-refractivity contribution in [3.63, 3.8) is 0 Å². The van der Waals surface area contributed by atoms with Crippen LogP contribution < -0.4 is 15.2 Å². The van der Waals surface area contributed by atoms with Crippen LogP contribution in [0.1, 0.15) is 29.5 Å². The third-order valence-corrected chi connectivity index (χ3v) is 7.01.